The molecule has 0 radical (unpaired) electrons. The first-order valence-corrected chi connectivity index (χ1v) is 11.5. The summed E-state index contributed by atoms with van der Waals surface area (Å²) in [6.07, 6.45) is 12.7. The molecule has 3 heterocycles. The molecule has 6 heteroatoms. The summed E-state index contributed by atoms with van der Waals surface area (Å²) < 4.78 is 5.58. The number of carbonyl (C=O) groups excluding carboxylic acids is 1. The van der Waals surface area contributed by atoms with Crippen LogP contribution in [0.15, 0.2) is 24.5 Å². The highest BCUT2D eigenvalue weighted by Gasteiger charge is 2.33. The van der Waals surface area contributed by atoms with Gasteiger partial charge in [0.05, 0.1) is 5.92 Å². The number of nitrogens with one attached hydrogen (secondary N) is 2. The minimum Gasteiger partial charge on any atom is -0.381 e. The zero-order valence-electron chi connectivity index (χ0n) is 17.5. The first-order chi connectivity index (χ1) is 14.3. The van der Waals surface area contributed by atoms with Gasteiger partial charge in [-0.1, -0.05) is 6.42 Å². The second-order valence-electron chi connectivity index (χ2n) is 8.96. The zero-order chi connectivity index (χ0) is 19.9. The van der Waals surface area contributed by atoms with Crippen LogP contribution in [0, 0.1) is 5.92 Å². The van der Waals surface area contributed by atoms with E-state index in [-0.39, 0.29) is 11.8 Å². The lowest BCUT2D eigenvalue weighted by Gasteiger charge is -2.38. The molecule has 29 heavy (non-hydrogen) atoms. The van der Waals surface area contributed by atoms with Gasteiger partial charge in [0.25, 0.3) is 0 Å². The van der Waals surface area contributed by atoms with E-state index in [1.54, 1.807) is 0 Å². The van der Waals surface area contributed by atoms with Crippen LogP contribution in [-0.2, 0) is 16.0 Å². The third-order valence-electron chi connectivity index (χ3n) is 6.89. The van der Waals surface area contributed by atoms with Gasteiger partial charge in [0, 0.05) is 63.4 Å². The fourth-order valence-corrected chi connectivity index (χ4v) is 4.86. The third-order valence-corrected chi connectivity index (χ3v) is 6.89. The monoisotopic (exact) mass is 400 g/mol. The fraction of sp³-hybridized carbons (Fsp3) is 0.739. The SMILES string of the molecule is O=C(NCCc1ccncc1)[C@@H]1CC[C@H](NC2CCC2)CN(C2CCOCC2)C1. The maximum Gasteiger partial charge on any atom is 0.224 e. The summed E-state index contributed by atoms with van der Waals surface area (Å²) in [6, 6.07) is 5.79. The summed E-state index contributed by atoms with van der Waals surface area (Å²) in [5.74, 6) is 0.309. The molecule has 2 aliphatic heterocycles. The van der Waals surface area contributed by atoms with Crippen LogP contribution >= 0.6 is 0 Å². The lowest BCUT2D eigenvalue weighted by atomic mass is 9.91. The van der Waals surface area contributed by atoms with Crippen molar-refractivity contribution in [2.45, 2.75) is 69.5 Å². The van der Waals surface area contributed by atoms with Crippen LogP contribution in [-0.4, -0.2) is 66.8 Å². The van der Waals surface area contributed by atoms with Crippen molar-refractivity contribution in [2.24, 2.45) is 5.92 Å². The van der Waals surface area contributed by atoms with Crippen molar-refractivity contribution < 1.29 is 9.53 Å². The Hall–Kier alpha value is -1.50. The van der Waals surface area contributed by atoms with Gasteiger partial charge < -0.3 is 15.4 Å². The molecule has 1 saturated carbocycles. The van der Waals surface area contributed by atoms with Gasteiger partial charge in [-0.15, -0.1) is 0 Å². The molecule has 4 rings (SSSR count). The topological polar surface area (TPSA) is 66.5 Å². The first kappa shape index (κ1) is 20.8. The number of rotatable bonds is 7. The van der Waals surface area contributed by atoms with Crippen LogP contribution in [0.5, 0.6) is 0 Å². The zero-order valence-corrected chi connectivity index (χ0v) is 17.5. The van der Waals surface area contributed by atoms with E-state index in [1.165, 1.54) is 24.8 Å². The summed E-state index contributed by atoms with van der Waals surface area (Å²) in [5, 5.41) is 7.08. The predicted molar refractivity (Wildman–Crippen MR) is 114 cm³/mol. The lowest BCUT2D eigenvalue weighted by Crippen LogP contribution is -2.50. The van der Waals surface area contributed by atoms with Crippen LogP contribution in [0.4, 0.5) is 0 Å². The molecule has 1 aliphatic carbocycles. The molecule has 2 atom stereocenters. The van der Waals surface area contributed by atoms with E-state index in [0.29, 0.717) is 24.7 Å². The standard InChI is InChI=1S/C23H36N4O2/c28-23(25-13-8-18-6-11-24-12-7-18)19-4-5-21(26-20-2-1-3-20)17-27(16-19)22-9-14-29-15-10-22/h6-7,11-12,19-22,26H,1-5,8-10,13-17H2,(H,25,28)/t19-,21+/m1/s1. The molecule has 3 fully saturated rings. The summed E-state index contributed by atoms with van der Waals surface area (Å²) in [5.41, 5.74) is 1.22. The molecule has 0 aromatic carbocycles. The van der Waals surface area contributed by atoms with Crippen molar-refractivity contribution in [1.29, 1.82) is 0 Å². The van der Waals surface area contributed by atoms with Crippen molar-refractivity contribution in [1.82, 2.24) is 20.5 Å². The molecule has 1 amide bonds. The van der Waals surface area contributed by atoms with Gasteiger partial charge in [-0.2, -0.15) is 0 Å². The van der Waals surface area contributed by atoms with E-state index in [9.17, 15) is 4.79 Å². The van der Waals surface area contributed by atoms with Gasteiger partial charge in [0.1, 0.15) is 0 Å². The molecule has 0 spiro atoms. The molecule has 2 saturated heterocycles. The lowest BCUT2D eigenvalue weighted by molar-refractivity contribution is -0.125. The maximum atomic E-state index is 13.0. The van der Waals surface area contributed by atoms with E-state index in [4.69, 9.17) is 4.74 Å². The quantitative estimate of drug-likeness (QED) is 0.734. The van der Waals surface area contributed by atoms with Crippen LogP contribution in [0.25, 0.3) is 0 Å². The minimum atomic E-state index is 0.0866. The van der Waals surface area contributed by atoms with Crippen molar-refractivity contribution in [3.8, 4) is 0 Å². The summed E-state index contributed by atoms with van der Waals surface area (Å²) >= 11 is 0. The predicted octanol–water partition coefficient (Wildman–Crippen LogP) is 2.14. The van der Waals surface area contributed by atoms with E-state index in [0.717, 1.165) is 58.4 Å². The van der Waals surface area contributed by atoms with Gasteiger partial charge in [-0.3, -0.25) is 14.7 Å². The second kappa shape index (κ2) is 10.5. The molecule has 1 aromatic heterocycles. The molecule has 0 bridgehead atoms. The number of nitrogens with zero attached hydrogens (tertiary/aromatic N) is 2. The number of amides is 1. The number of ether oxygens (including phenoxy) is 1. The number of pyridine rings is 1. The van der Waals surface area contributed by atoms with Crippen molar-refractivity contribution >= 4 is 5.91 Å². The van der Waals surface area contributed by atoms with Gasteiger partial charge in [-0.05, 0) is 62.6 Å². The average molecular weight is 401 g/mol. The van der Waals surface area contributed by atoms with Gasteiger partial charge in [-0.25, -0.2) is 0 Å². The van der Waals surface area contributed by atoms with Crippen molar-refractivity contribution in [3.05, 3.63) is 30.1 Å². The fourth-order valence-electron chi connectivity index (χ4n) is 4.86. The molecule has 1 aromatic rings. The van der Waals surface area contributed by atoms with Crippen LogP contribution in [0.3, 0.4) is 0 Å². The molecule has 160 valence electrons. The number of hydrogen-bond donors (Lipinski definition) is 2. The second-order valence-corrected chi connectivity index (χ2v) is 8.96. The van der Waals surface area contributed by atoms with Crippen LogP contribution < -0.4 is 10.6 Å². The Balaban J connectivity index is 1.32. The van der Waals surface area contributed by atoms with E-state index < -0.39 is 0 Å². The highest BCUT2D eigenvalue weighted by molar-refractivity contribution is 5.78. The smallest absolute Gasteiger partial charge is 0.224 e. The van der Waals surface area contributed by atoms with E-state index >= 15 is 0 Å². The molecular formula is C23H36N4O2. The summed E-state index contributed by atoms with van der Waals surface area (Å²) in [4.78, 5) is 19.6. The Kier molecular flexibility index (Phi) is 7.52. The number of hydrogen-bond acceptors (Lipinski definition) is 5. The molecule has 2 N–H and O–H groups in total. The Morgan fingerprint density at radius 2 is 1.83 bits per heavy atom. The van der Waals surface area contributed by atoms with Crippen molar-refractivity contribution in [2.75, 3.05) is 32.8 Å². The van der Waals surface area contributed by atoms with E-state index in [1.807, 2.05) is 24.5 Å². The minimum absolute atomic E-state index is 0.0866. The Morgan fingerprint density at radius 1 is 1.03 bits per heavy atom. The number of aromatic nitrogens is 1. The van der Waals surface area contributed by atoms with Crippen LogP contribution in [0.1, 0.15) is 50.5 Å². The molecule has 0 unspecified atom stereocenters. The van der Waals surface area contributed by atoms with Crippen molar-refractivity contribution in [3.63, 3.8) is 0 Å². The highest BCUT2D eigenvalue weighted by Crippen LogP contribution is 2.25. The largest absolute Gasteiger partial charge is 0.381 e. The third kappa shape index (κ3) is 6.00. The average Bonchev–Trinajstić information content (AvgIpc) is 2.95. The maximum absolute atomic E-state index is 13.0. The van der Waals surface area contributed by atoms with E-state index in [2.05, 4.69) is 20.5 Å². The van der Waals surface area contributed by atoms with Crippen LogP contribution in [0.2, 0.25) is 0 Å². The Morgan fingerprint density at radius 3 is 2.55 bits per heavy atom. The molecule has 3 aliphatic rings. The summed E-state index contributed by atoms with van der Waals surface area (Å²) in [7, 11) is 0. The highest BCUT2D eigenvalue weighted by atomic mass is 16.5. The van der Waals surface area contributed by atoms with Gasteiger partial charge >= 0.3 is 0 Å². The number of likely N-dealkylation sites (tertiary alicyclic amines) is 1. The van der Waals surface area contributed by atoms with Gasteiger partial charge in [0.2, 0.25) is 5.91 Å². The Labute approximate surface area is 174 Å². The molecule has 6 nitrogen and oxygen atoms in total. The first-order valence-electron chi connectivity index (χ1n) is 11.5. The summed E-state index contributed by atoms with van der Waals surface area (Å²) in [6.45, 7) is 4.35. The van der Waals surface area contributed by atoms with Gasteiger partial charge in [0.15, 0.2) is 0 Å². The Bertz CT molecular complexity index is 631. The normalized spacial score (nSPS) is 27.2. The molecular weight excluding hydrogens is 364 g/mol. The number of carbonyl (C=O) groups is 1.